The van der Waals surface area contributed by atoms with E-state index in [1.165, 1.54) is 0 Å². The van der Waals surface area contributed by atoms with Crippen LogP contribution in [0.5, 0.6) is 0 Å². The molecule has 6 N–H and O–H groups in total. The summed E-state index contributed by atoms with van der Waals surface area (Å²) < 4.78 is 0. The number of fused-ring (bicyclic) bond motifs is 1. The van der Waals surface area contributed by atoms with Crippen molar-refractivity contribution in [3.8, 4) is 0 Å². The Balaban J connectivity index is 2.16. The Morgan fingerprint density at radius 1 is 0.944 bits per heavy atom. The van der Waals surface area contributed by atoms with Crippen LogP contribution in [0, 0.1) is 0 Å². The van der Waals surface area contributed by atoms with E-state index in [2.05, 4.69) is 0 Å². The van der Waals surface area contributed by atoms with Gasteiger partial charge in [-0.3, -0.25) is 0 Å². The van der Waals surface area contributed by atoms with E-state index in [0.29, 0.717) is 10.7 Å². The number of rotatable bonds is 2. The molecule has 0 saturated heterocycles. The number of nitrogens with zero attached hydrogens (tertiary/aromatic N) is 1. The van der Waals surface area contributed by atoms with Gasteiger partial charge in [0.15, 0.2) is 0 Å². The van der Waals surface area contributed by atoms with Gasteiger partial charge >= 0.3 is 0 Å². The molecule has 5 heteroatoms. The Bertz CT molecular complexity index is 601. The van der Waals surface area contributed by atoms with Crippen LogP contribution >= 0.6 is 11.6 Å². The molecule has 0 aliphatic heterocycles. The lowest BCUT2D eigenvalue weighted by atomic mass is 9.99. The molecule has 0 saturated carbocycles. The predicted octanol–water partition coefficient (Wildman–Crippen LogP) is 1.46. The van der Waals surface area contributed by atoms with E-state index in [4.69, 9.17) is 29.0 Å². The van der Waals surface area contributed by atoms with Gasteiger partial charge in [0.05, 0.1) is 11.2 Å². The average Bonchev–Trinajstić information content (AvgIpc) is 2.97. The van der Waals surface area contributed by atoms with E-state index in [-0.39, 0.29) is 0 Å². The maximum Gasteiger partial charge on any atom is 0.0951 e. The summed E-state index contributed by atoms with van der Waals surface area (Å²) in [7, 11) is 0. The van der Waals surface area contributed by atoms with E-state index >= 15 is 0 Å². The molecule has 0 radical (unpaired) electrons. The minimum Gasteiger partial charge on any atom is -0.314 e. The highest BCUT2D eigenvalue weighted by molar-refractivity contribution is 6.30. The van der Waals surface area contributed by atoms with Gasteiger partial charge < -0.3 is 5.73 Å². The van der Waals surface area contributed by atoms with E-state index in [0.717, 1.165) is 21.8 Å². The summed E-state index contributed by atoms with van der Waals surface area (Å²) in [6, 6.07) is 13.3. The first-order valence-corrected chi connectivity index (χ1v) is 5.91. The zero-order chi connectivity index (χ0) is 12.9. The van der Waals surface area contributed by atoms with Crippen LogP contribution in [0.25, 0.3) is 0 Å². The molecule has 1 aliphatic carbocycles. The van der Waals surface area contributed by atoms with Crippen LogP contribution in [0.2, 0.25) is 5.02 Å². The summed E-state index contributed by atoms with van der Waals surface area (Å²) >= 11 is 5.96. The van der Waals surface area contributed by atoms with Crippen LogP contribution in [0.15, 0.2) is 42.5 Å². The van der Waals surface area contributed by atoms with Crippen molar-refractivity contribution in [1.82, 2.24) is 0 Å². The summed E-state index contributed by atoms with van der Waals surface area (Å²) in [6.07, 6.45) is 0. The molecule has 0 heterocycles. The first-order valence-electron chi connectivity index (χ1n) is 5.53. The van der Waals surface area contributed by atoms with Gasteiger partial charge in [0.1, 0.15) is 0 Å². The molecular weight excluding hydrogens is 248 g/mol. The summed E-state index contributed by atoms with van der Waals surface area (Å²) in [5.41, 5.74) is 9.52. The third kappa shape index (κ3) is 1.44. The van der Waals surface area contributed by atoms with Crippen molar-refractivity contribution in [3.63, 3.8) is 0 Å². The van der Waals surface area contributed by atoms with E-state index < -0.39 is 5.54 Å². The maximum atomic E-state index is 6.45. The van der Waals surface area contributed by atoms with Gasteiger partial charge in [-0.05, 0) is 23.3 Å². The van der Waals surface area contributed by atoms with Crippen LogP contribution in [0.4, 0.5) is 5.69 Å². The summed E-state index contributed by atoms with van der Waals surface area (Å²) in [5, 5.41) is 1.62. The Morgan fingerprint density at radius 3 is 2.11 bits per heavy atom. The van der Waals surface area contributed by atoms with Crippen molar-refractivity contribution in [1.29, 1.82) is 0 Å². The van der Waals surface area contributed by atoms with Crippen LogP contribution in [0.1, 0.15) is 16.7 Å². The van der Waals surface area contributed by atoms with Crippen molar-refractivity contribution < 1.29 is 0 Å². The van der Waals surface area contributed by atoms with Crippen LogP contribution in [-0.4, -0.2) is 0 Å². The van der Waals surface area contributed by atoms with Crippen molar-refractivity contribution in [2.75, 3.05) is 5.12 Å². The second-order valence-electron chi connectivity index (χ2n) is 4.42. The number of hydrazine groups is 2. The van der Waals surface area contributed by atoms with E-state index in [1.807, 2.05) is 30.3 Å². The molecule has 4 nitrogen and oxygen atoms in total. The standard InChI is InChI=1S/C13H13ClN4/c14-8-5-6-11(12(7-8)18(16)17)13(15)9-3-1-2-4-10(9)13/h1-7H,15-17H2. The van der Waals surface area contributed by atoms with Gasteiger partial charge in [0.25, 0.3) is 0 Å². The maximum absolute atomic E-state index is 6.45. The summed E-state index contributed by atoms with van der Waals surface area (Å²) in [6.45, 7) is 0. The largest absolute Gasteiger partial charge is 0.314 e. The Labute approximate surface area is 110 Å². The monoisotopic (exact) mass is 260 g/mol. The lowest BCUT2D eigenvalue weighted by Gasteiger charge is -2.21. The van der Waals surface area contributed by atoms with Crippen molar-refractivity contribution >= 4 is 17.3 Å². The molecule has 0 spiro atoms. The quantitative estimate of drug-likeness (QED) is 0.564. The molecular formula is C13H13ClN4. The highest BCUT2D eigenvalue weighted by Gasteiger charge is 2.49. The highest BCUT2D eigenvalue weighted by atomic mass is 35.5. The second kappa shape index (κ2) is 3.70. The first-order chi connectivity index (χ1) is 8.55. The van der Waals surface area contributed by atoms with Gasteiger partial charge in [-0.15, -0.1) is 0 Å². The second-order valence-corrected chi connectivity index (χ2v) is 4.86. The predicted molar refractivity (Wildman–Crippen MR) is 72.8 cm³/mol. The SMILES string of the molecule is NN(N)c1cc(Cl)ccc1C1(N)c2ccccc21. The molecule has 18 heavy (non-hydrogen) atoms. The average molecular weight is 261 g/mol. The Hall–Kier alpha value is -1.59. The fourth-order valence-electron chi connectivity index (χ4n) is 2.42. The molecule has 0 aromatic heterocycles. The smallest absolute Gasteiger partial charge is 0.0951 e. The molecule has 0 atom stereocenters. The molecule has 92 valence electrons. The summed E-state index contributed by atoms with van der Waals surface area (Å²) in [5.74, 6) is 11.3. The van der Waals surface area contributed by atoms with Crippen LogP contribution in [-0.2, 0) is 5.54 Å². The van der Waals surface area contributed by atoms with Crippen molar-refractivity contribution in [2.45, 2.75) is 5.54 Å². The minimum absolute atomic E-state index is 0.572. The number of halogens is 1. The Morgan fingerprint density at radius 2 is 1.56 bits per heavy atom. The first kappa shape index (κ1) is 11.5. The fourth-order valence-corrected chi connectivity index (χ4v) is 2.59. The normalized spacial score (nSPS) is 15.1. The van der Waals surface area contributed by atoms with Crippen molar-refractivity contribution in [3.05, 3.63) is 64.2 Å². The van der Waals surface area contributed by atoms with E-state index in [1.54, 1.807) is 12.1 Å². The number of anilines is 1. The number of hydrogen-bond acceptors (Lipinski definition) is 4. The third-order valence-electron chi connectivity index (χ3n) is 3.38. The number of hydrogen-bond donors (Lipinski definition) is 3. The highest BCUT2D eigenvalue weighted by Crippen LogP contribution is 2.52. The molecule has 3 rings (SSSR count). The lowest BCUT2D eigenvalue weighted by Crippen LogP contribution is -2.40. The van der Waals surface area contributed by atoms with Gasteiger partial charge in [-0.1, -0.05) is 41.9 Å². The zero-order valence-corrected chi connectivity index (χ0v) is 10.4. The molecule has 2 aromatic carbocycles. The third-order valence-corrected chi connectivity index (χ3v) is 3.61. The molecule has 0 amide bonds. The van der Waals surface area contributed by atoms with Crippen LogP contribution in [0.3, 0.4) is 0 Å². The molecule has 0 fully saturated rings. The Kier molecular flexibility index (Phi) is 2.36. The molecule has 0 bridgehead atoms. The van der Waals surface area contributed by atoms with Crippen LogP contribution < -0.4 is 22.5 Å². The fraction of sp³-hybridized carbons (Fsp3) is 0.0769. The van der Waals surface area contributed by atoms with Gasteiger partial charge in [0.2, 0.25) is 0 Å². The van der Waals surface area contributed by atoms with Gasteiger partial charge in [-0.2, -0.15) is 0 Å². The van der Waals surface area contributed by atoms with Gasteiger partial charge in [0, 0.05) is 10.6 Å². The molecule has 2 aromatic rings. The number of benzene rings is 2. The zero-order valence-electron chi connectivity index (χ0n) is 9.60. The topological polar surface area (TPSA) is 81.3 Å². The molecule has 1 aliphatic rings. The minimum atomic E-state index is -0.597. The molecule has 0 unspecified atom stereocenters. The number of nitrogens with two attached hydrogens (primary N) is 3. The lowest BCUT2D eigenvalue weighted by molar-refractivity contribution is 0.784. The van der Waals surface area contributed by atoms with Gasteiger partial charge in [-0.25, -0.2) is 16.8 Å². The van der Waals surface area contributed by atoms with Crippen molar-refractivity contribution in [2.24, 2.45) is 17.4 Å². The van der Waals surface area contributed by atoms with E-state index in [9.17, 15) is 0 Å². The summed E-state index contributed by atoms with van der Waals surface area (Å²) in [4.78, 5) is 0.